The van der Waals surface area contributed by atoms with Gasteiger partial charge in [-0.3, -0.25) is 4.79 Å². The summed E-state index contributed by atoms with van der Waals surface area (Å²) >= 11 is 1.47. The van der Waals surface area contributed by atoms with E-state index in [1.807, 2.05) is 43.5 Å². The first-order valence-corrected chi connectivity index (χ1v) is 17.0. The molecule has 244 valence electrons. The van der Waals surface area contributed by atoms with Crippen LogP contribution in [0.15, 0.2) is 48.8 Å². The molecule has 0 spiro atoms. The largest absolute Gasteiger partial charge is 0.492 e. The number of piperidine rings is 1. The number of benzene rings is 2. The summed E-state index contributed by atoms with van der Waals surface area (Å²) in [5.74, 6) is 1.47. The number of nitrogens with one attached hydrogen (secondary N) is 3. The fourth-order valence-electron chi connectivity index (χ4n) is 5.82. The van der Waals surface area contributed by atoms with Crippen molar-refractivity contribution in [1.82, 2.24) is 19.9 Å². The van der Waals surface area contributed by atoms with E-state index in [1.54, 1.807) is 7.11 Å². The van der Waals surface area contributed by atoms with Gasteiger partial charge in [-0.15, -0.1) is 0 Å². The fourth-order valence-corrected chi connectivity index (χ4v) is 6.19. The molecule has 4 aromatic rings. The Hall–Kier alpha value is -3.93. The first-order chi connectivity index (χ1) is 22.1. The van der Waals surface area contributed by atoms with Gasteiger partial charge in [0, 0.05) is 29.7 Å². The van der Waals surface area contributed by atoms with Crippen LogP contribution in [0.1, 0.15) is 60.8 Å². The maximum absolute atomic E-state index is 13.7. The minimum atomic E-state index is -0.250. The third-order valence-electron chi connectivity index (χ3n) is 8.53. The number of anilines is 4. The molecule has 4 N–H and O–H groups in total. The highest BCUT2D eigenvalue weighted by Gasteiger charge is 2.22. The highest BCUT2D eigenvalue weighted by molar-refractivity contribution is 7.99. The number of aliphatic hydroxyl groups excluding tert-OH is 1. The fraction of sp³-hybridized carbons (Fsp3) is 0.429. The van der Waals surface area contributed by atoms with Gasteiger partial charge in [0.1, 0.15) is 11.8 Å². The molecule has 46 heavy (non-hydrogen) atoms. The lowest BCUT2D eigenvalue weighted by molar-refractivity contribution is 0.102. The second-order valence-corrected chi connectivity index (χ2v) is 13.5. The van der Waals surface area contributed by atoms with Gasteiger partial charge < -0.3 is 30.1 Å². The predicted molar refractivity (Wildman–Crippen MR) is 189 cm³/mol. The van der Waals surface area contributed by atoms with Crippen LogP contribution >= 0.6 is 11.9 Å². The van der Waals surface area contributed by atoms with Crippen molar-refractivity contribution in [1.29, 1.82) is 0 Å². The number of likely N-dealkylation sites (tertiary alicyclic amines) is 1. The van der Waals surface area contributed by atoms with Gasteiger partial charge in [-0.25, -0.2) is 15.0 Å². The van der Waals surface area contributed by atoms with Crippen molar-refractivity contribution >= 4 is 51.8 Å². The molecule has 1 amide bonds. The Balaban J connectivity index is 1.38. The molecule has 1 aliphatic heterocycles. The van der Waals surface area contributed by atoms with Gasteiger partial charge in [-0.1, -0.05) is 38.8 Å². The summed E-state index contributed by atoms with van der Waals surface area (Å²) in [5.41, 5.74) is 7.03. The number of hydrogen-bond donors (Lipinski definition) is 4. The number of β-amino-alcohol motifs (C(OH)–C–C–N with tert-alkyl or cyclic N) is 1. The third-order valence-corrected chi connectivity index (χ3v) is 8.96. The summed E-state index contributed by atoms with van der Waals surface area (Å²) in [7, 11) is 1.61. The number of methoxy groups -OCH3 is 1. The smallest absolute Gasteiger partial charge is 0.255 e. The molecule has 2 aromatic carbocycles. The van der Waals surface area contributed by atoms with E-state index in [9.17, 15) is 9.90 Å². The van der Waals surface area contributed by atoms with Gasteiger partial charge >= 0.3 is 0 Å². The number of aliphatic hydroxyl groups is 1. The Labute approximate surface area is 275 Å². The zero-order valence-corrected chi connectivity index (χ0v) is 28.4. The van der Waals surface area contributed by atoms with Gasteiger partial charge in [0.2, 0.25) is 0 Å². The number of ether oxygens (including phenoxy) is 1. The van der Waals surface area contributed by atoms with Gasteiger partial charge in [0.15, 0.2) is 11.6 Å². The minimum Gasteiger partial charge on any atom is -0.492 e. The van der Waals surface area contributed by atoms with Crippen LogP contribution in [0.25, 0.3) is 11.0 Å². The van der Waals surface area contributed by atoms with E-state index in [2.05, 4.69) is 63.1 Å². The molecule has 0 radical (unpaired) electrons. The van der Waals surface area contributed by atoms with Crippen LogP contribution in [0, 0.1) is 12.8 Å². The topological polar surface area (TPSA) is 125 Å². The number of nitrogens with zero attached hydrogens (tertiary/aromatic N) is 4. The van der Waals surface area contributed by atoms with Crippen molar-refractivity contribution in [3.05, 3.63) is 71.2 Å². The number of aromatic nitrogens is 3. The van der Waals surface area contributed by atoms with Crippen molar-refractivity contribution in [2.75, 3.05) is 55.0 Å². The van der Waals surface area contributed by atoms with E-state index in [0.717, 1.165) is 72.6 Å². The molecule has 1 saturated heterocycles. The summed E-state index contributed by atoms with van der Waals surface area (Å²) in [6, 6.07) is 13.7. The quantitative estimate of drug-likeness (QED) is 0.133. The minimum absolute atomic E-state index is 0.131. The van der Waals surface area contributed by atoms with Crippen LogP contribution in [-0.2, 0) is 11.8 Å². The van der Waals surface area contributed by atoms with E-state index in [0.29, 0.717) is 34.3 Å². The molecule has 0 unspecified atom stereocenters. The van der Waals surface area contributed by atoms with Crippen molar-refractivity contribution in [3.63, 3.8) is 0 Å². The molecule has 0 atom stereocenters. The molecule has 10 nitrogen and oxygen atoms in total. The molecule has 3 heterocycles. The zero-order chi connectivity index (χ0) is 32.8. The molecule has 2 aromatic heterocycles. The number of aryl methyl sites for hydroxylation is 1. The lowest BCUT2D eigenvalue weighted by Crippen LogP contribution is -2.36. The van der Waals surface area contributed by atoms with Crippen molar-refractivity contribution in [2.24, 2.45) is 5.92 Å². The summed E-state index contributed by atoms with van der Waals surface area (Å²) in [6.45, 7) is 11.4. The van der Waals surface area contributed by atoms with Crippen LogP contribution in [0.3, 0.4) is 0 Å². The van der Waals surface area contributed by atoms with Crippen LogP contribution < -0.4 is 20.1 Å². The van der Waals surface area contributed by atoms with Crippen LogP contribution in [-0.4, -0.2) is 70.5 Å². The lowest BCUT2D eigenvalue weighted by atomic mass is 9.86. The summed E-state index contributed by atoms with van der Waals surface area (Å²) in [6.07, 6.45) is 6.55. The Kier molecular flexibility index (Phi) is 10.7. The van der Waals surface area contributed by atoms with Gasteiger partial charge in [0.25, 0.3) is 5.91 Å². The Morgan fingerprint density at radius 3 is 2.52 bits per heavy atom. The van der Waals surface area contributed by atoms with E-state index < -0.39 is 0 Å². The standard InChI is InChI=1S/C35H45N7O3S/c1-22-7-8-24(34(44)40-29-19-25(35(2,3)4)20-30(41-46-6)32(29)45-5)18-28(22)39-33-31-27(36-21-37-33)10-9-26(38-31)17-23-11-13-42(14-12-23)15-16-43/h7-10,18-21,23,41,43H,11-17H2,1-6H3,(H,40,44)(H,36,37,39). The van der Waals surface area contributed by atoms with Crippen molar-refractivity contribution in [2.45, 2.75) is 52.4 Å². The Morgan fingerprint density at radius 2 is 1.83 bits per heavy atom. The molecule has 1 fully saturated rings. The number of rotatable bonds is 11. The molecule has 0 saturated carbocycles. The van der Waals surface area contributed by atoms with Gasteiger partial charge in [-0.05, 0) is 98.1 Å². The number of amides is 1. The number of carbonyl (C=O) groups is 1. The molecule has 0 bridgehead atoms. The Morgan fingerprint density at radius 1 is 1.07 bits per heavy atom. The van der Waals surface area contributed by atoms with E-state index in [4.69, 9.17) is 9.72 Å². The lowest BCUT2D eigenvalue weighted by Gasteiger charge is -2.31. The molecular formula is C35H45N7O3S. The highest BCUT2D eigenvalue weighted by Crippen LogP contribution is 2.40. The first kappa shape index (κ1) is 33.4. The normalized spacial score (nSPS) is 14.3. The van der Waals surface area contributed by atoms with E-state index >= 15 is 0 Å². The van der Waals surface area contributed by atoms with Crippen LogP contribution in [0.2, 0.25) is 0 Å². The molecule has 1 aliphatic rings. The number of carbonyl (C=O) groups excluding carboxylic acids is 1. The summed E-state index contributed by atoms with van der Waals surface area (Å²) in [4.78, 5) is 30.0. The highest BCUT2D eigenvalue weighted by atomic mass is 32.2. The average Bonchev–Trinajstić information content (AvgIpc) is 3.03. The zero-order valence-electron chi connectivity index (χ0n) is 27.6. The second-order valence-electron chi connectivity index (χ2n) is 12.9. The number of pyridine rings is 1. The van der Waals surface area contributed by atoms with Gasteiger partial charge in [-0.2, -0.15) is 0 Å². The van der Waals surface area contributed by atoms with Crippen molar-refractivity contribution in [3.8, 4) is 5.75 Å². The Bertz CT molecular complexity index is 1680. The number of hydrogen-bond acceptors (Lipinski definition) is 10. The van der Waals surface area contributed by atoms with Crippen molar-refractivity contribution < 1.29 is 14.6 Å². The second kappa shape index (κ2) is 14.7. The predicted octanol–water partition coefficient (Wildman–Crippen LogP) is 6.57. The first-order valence-electron chi connectivity index (χ1n) is 15.7. The summed E-state index contributed by atoms with van der Waals surface area (Å²) in [5, 5.41) is 15.8. The molecular weight excluding hydrogens is 598 g/mol. The van der Waals surface area contributed by atoms with Gasteiger partial charge in [0.05, 0.1) is 30.6 Å². The van der Waals surface area contributed by atoms with Crippen LogP contribution in [0.4, 0.5) is 22.9 Å². The summed E-state index contributed by atoms with van der Waals surface area (Å²) < 4.78 is 9.02. The SMILES string of the molecule is COc1c(NSC)cc(C(C)(C)C)cc1NC(=O)c1ccc(C)c(Nc2ncnc3ccc(CC4CCN(CCO)CC4)nc23)c1. The third kappa shape index (κ3) is 7.89. The molecule has 0 aliphatic carbocycles. The number of fused-ring (bicyclic) bond motifs is 1. The van der Waals surface area contributed by atoms with Crippen LogP contribution in [0.5, 0.6) is 5.75 Å². The monoisotopic (exact) mass is 643 g/mol. The maximum Gasteiger partial charge on any atom is 0.255 e. The molecule has 11 heteroatoms. The average molecular weight is 644 g/mol. The van der Waals surface area contributed by atoms with E-state index in [-0.39, 0.29) is 17.9 Å². The maximum atomic E-state index is 13.7. The molecule has 5 rings (SSSR count). The van der Waals surface area contributed by atoms with E-state index in [1.165, 1.54) is 18.3 Å².